The Morgan fingerprint density at radius 3 is 2.81 bits per heavy atom. The minimum atomic E-state index is -0.0746. The van der Waals surface area contributed by atoms with E-state index in [1.807, 2.05) is 11.0 Å². The Bertz CT molecular complexity index is 742. The van der Waals surface area contributed by atoms with E-state index < -0.39 is 0 Å². The molecule has 146 valence electrons. The molecule has 1 saturated heterocycles. The van der Waals surface area contributed by atoms with Crippen LogP contribution in [0.5, 0.6) is 0 Å². The number of likely N-dealkylation sites (tertiary alicyclic amines) is 1. The normalized spacial score (nSPS) is 16.8. The van der Waals surface area contributed by atoms with Gasteiger partial charge in [-0.1, -0.05) is 68.4 Å². The summed E-state index contributed by atoms with van der Waals surface area (Å²) in [6.45, 7) is 3.02. The molecule has 0 spiro atoms. The third-order valence-electron chi connectivity index (χ3n) is 5.35. The summed E-state index contributed by atoms with van der Waals surface area (Å²) in [6.07, 6.45) is 10.6. The van der Waals surface area contributed by atoms with Crippen molar-refractivity contribution in [2.24, 2.45) is 5.73 Å². The first-order valence-electron chi connectivity index (χ1n) is 10.2. The van der Waals surface area contributed by atoms with E-state index in [0.29, 0.717) is 11.7 Å². The van der Waals surface area contributed by atoms with Crippen LogP contribution in [-0.2, 0) is 6.42 Å². The van der Waals surface area contributed by atoms with Crippen molar-refractivity contribution in [3.05, 3.63) is 35.7 Å². The van der Waals surface area contributed by atoms with Crippen LogP contribution in [0, 0.1) is 5.41 Å². The quantitative estimate of drug-likeness (QED) is 0.381. The number of hydrogen-bond acceptors (Lipinski definition) is 4. The van der Waals surface area contributed by atoms with Gasteiger partial charge in [-0.3, -0.25) is 5.41 Å². The van der Waals surface area contributed by atoms with Crippen molar-refractivity contribution in [2.75, 3.05) is 6.54 Å². The first-order chi connectivity index (χ1) is 13.2. The molecule has 6 heteroatoms. The van der Waals surface area contributed by atoms with Gasteiger partial charge < -0.3 is 15.2 Å². The zero-order valence-electron chi connectivity index (χ0n) is 16.3. The Kier molecular flexibility index (Phi) is 6.85. The maximum Gasteiger partial charge on any atom is 0.249 e. The lowest BCUT2D eigenvalue weighted by Gasteiger charge is -2.21. The molecule has 0 saturated carbocycles. The van der Waals surface area contributed by atoms with E-state index in [2.05, 4.69) is 35.3 Å². The van der Waals surface area contributed by atoms with Gasteiger partial charge in [-0.05, 0) is 31.2 Å². The van der Waals surface area contributed by atoms with Crippen LogP contribution in [0.3, 0.4) is 0 Å². The molecule has 1 aliphatic heterocycles. The zero-order valence-corrected chi connectivity index (χ0v) is 16.3. The molecular weight excluding hydrogens is 338 g/mol. The van der Waals surface area contributed by atoms with E-state index in [9.17, 15) is 0 Å². The topological polar surface area (TPSA) is 92.0 Å². The number of aryl methyl sites for hydroxylation is 1. The van der Waals surface area contributed by atoms with E-state index >= 15 is 0 Å². The smallest absolute Gasteiger partial charge is 0.249 e. The molecule has 1 unspecified atom stereocenters. The number of rotatable bonds is 9. The van der Waals surface area contributed by atoms with E-state index in [1.165, 1.54) is 44.1 Å². The molecule has 1 aromatic carbocycles. The number of hydrogen-bond donors (Lipinski definition) is 2. The Morgan fingerprint density at radius 2 is 2.00 bits per heavy atom. The second-order valence-corrected chi connectivity index (χ2v) is 7.37. The molecule has 27 heavy (non-hydrogen) atoms. The van der Waals surface area contributed by atoms with E-state index in [0.717, 1.165) is 31.4 Å². The lowest BCUT2D eigenvalue weighted by molar-refractivity contribution is 0.283. The van der Waals surface area contributed by atoms with Crippen LogP contribution in [-0.4, -0.2) is 27.5 Å². The number of aromatic nitrogens is 2. The summed E-state index contributed by atoms with van der Waals surface area (Å²) < 4.78 is 5.55. The van der Waals surface area contributed by atoms with Crippen molar-refractivity contribution in [1.82, 2.24) is 15.0 Å². The summed E-state index contributed by atoms with van der Waals surface area (Å²) >= 11 is 0. The predicted octanol–water partition coefficient (Wildman–Crippen LogP) is 4.67. The molecule has 3 N–H and O–H groups in total. The van der Waals surface area contributed by atoms with Gasteiger partial charge >= 0.3 is 0 Å². The molecule has 1 atom stereocenters. The Balaban J connectivity index is 1.67. The fourth-order valence-corrected chi connectivity index (χ4v) is 3.84. The summed E-state index contributed by atoms with van der Waals surface area (Å²) in [4.78, 5) is 6.49. The highest BCUT2D eigenvalue weighted by atomic mass is 16.5. The van der Waals surface area contributed by atoms with Gasteiger partial charge in [-0.25, -0.2) is 0 Å². The molecule has 1 aromatic heterocycles. The number of nitrogens with two attached hydrogens (primary N) is 1. The highest BCUT2D eigenvalue weighted by Crippen LogP contribution is 2.32. The average Bonchev–Trinajstić information content (AvgIpc) is 3.34. The predicted molar refractivity (Wildman–Crippen MR) is 107 cm³/mol. The standard InChI is InChI=1S/C21H31N5O/c1-2-3-4-5-6-7-11-16-12-8-9-13-17(16)19-24-20(27-25-19)18-14-10-15-26(18)21(22)23/h8-9,12-13,18H,2-7,10-11,14-15H2,1H3,(H3,22,23). The second kappa shape index (κ2) is 9.53. The lowest BCUT2D eigenvalue weighted by Crippen LogP contribution is -2.35. The monoisotopic (exact) mass is 369 g/mol. The SMILES string of the molecule is CCCCCCCCc1ccccc1-c1noc(C2CCCN2C(=N)N)n1. The number of nitrogens with one attached hydrogen (secondary N) is 1. The van der Waals surface area contributed by atoms with Crippen LogP contribution in [0.4, 0.5) is 0 Å². The van der Waals surface area contributed by atoms with E-state index in [1.54, 1.807) is 0 Å². The molecule has 0 amide bonds. The van der Waals surface area contributed by atoms with Gasteiger partial charge in [-0.2, -0.15) is 4.98 Å². The summed E-state index contributed by atoms with van der Waals surface area (Å²) in [7, 11) is 0. The number of benzene rings is 1. The minimum Gasteiger partial charge on any atom is -0.370 e. The van der Waals surface area contributed by atoms with Crippen LogP contribution >= 0.6 is 0 Å². The second-order valence-electron chi connectivity index (χ2n) is 7.37. The van der Waals surface area contributed by atoms with Gasteiger partial charge in [0, 0.05) is 12.1 Å². The Hall–Kier alpha value is -2.37. The maximum absolute atomic E-state index is 7.73. The van der Waals surface area contributed by atoms with Gasteiger partial charge in [-0.15, -0.1) is 0 Å². The van der Waals surface area contributed by atoms with Gasteiger partial charge in [0.15, 0.2) is 5.96 Å². The molecule has 3 rings (SSSR count). The first-order valence-corrected chi connectivity index (χ1v) is 10.2. The number of unbranched alkanes of at least 4 members (excludes halogenated alkanes) is 5. The van der Waals surface area contributed by atoms with Crippen molar-refractivity contribution < 1.29 is 4.52 Å². The van der Waals surface area contributed by atoms with Crippen LogP contribution in [0.2, 0.25) is 0 Å². The van der Waals surface area contributed by atoms with Crippen molar-refractivity contribution in [2.45, 2.75) is 70.8 Å². The molecule has 1 fully saturated rings. The molecular formula is C21H31N5O. The van der Waals surface area contributed by atoms with E-state index in [4.69, 9.17) is 15.7 Å². The first kappa shape index (κ1) is 19.4. The van der Waals surface area contributed by atoms with Crippen LogP contribution in [0.25, 0.3) is 11.4 Å². The van der Waals surface area contributed by atoms with E-state index in [-0.39, 0.29) is 12.0 Å². The average molecular weight is 370 g/mol. The van der Waals surface area contributed by atoms with Gasteiger partial charge in [0.1, 0.15) is 6.04 Å². The minimum absolute atomic E-state index is 0.0701. The number of guanidine groups is 1. The number of nitrogens with zero attached hydrogens (tertiary/aromatic N) is 3. The van der Waals surface area contributed by atoms with Crippen molar-refractivity contribution in [1.29, 1.82) is 5.41 Å². The third kappa shape index (κ3) is 4.87. The molecule has 2 heterocycles. The Morgan fingerprint density at radius 1 is 1.22 bits per heavy atom. The fraction of sp³-hybridized carbons (Fsp3) is 0.571. The highest BCUT2D eigenvalue weighted by molar-refractivity contribution is 5.75. The molecule has 0 bridgehead atoms. The van der Waals surface area contributed by atoms with Crippen molar-refractivity contribution >= 4 is 5.96 Å². The van der Waals surface area contributed by atoms with Gasteiger partial charge in [0.2, 0.25) is 11.7 Å². The highest BCUT2D eigenvalue weighted by Gasteiger charge is 2.31. The van der Waals surface area contributed by atoms with Crippen molar-refractivity contribution in [3.63, 3.8) is 0 Å². The molecule has 0 radical (unpaired) electrons. The summed E-state index contributed by atoms with van der Waals surface area (Å²) in [5, 5.41) is 12.0. The maximum atomic E-state index is 7.73. The summed E-state index contributed by atoms with van der Waals surface area (Å²) in [5.74, 6) is 1.27. The summed E-state index contributed by atoms with van der Waals surface area (Å²) in [6, 6.07) is 8.25. The molecule has 1 aliphatic rings. The molecule has 0 aliphatic carbocycles. The molecule has 2 aromatic rings. The largest absolute Gasteiger partial charge is 0.370 e. The zero-order chi connectivity index (χ0) is 19.1. The van der Waals surface area contributed by atoms with Crippen molar-refractivity contribution in [3.8, 4) is 11.4 Å². The van der Waals surface area contributed by atoms with Gasteiger partial charge in [0.05, 0.1) is 0 Å². The molecule has 6 nitrogen and oxygen atoms in total. The lowest BCUT2D eigenvalue weighted by atomic mass is 10.00. The summed E-state index contributed by atoms with van der Waals surface area (Å²) in [5.41, 5.74) is 8.01. The van der Waals surface area contributed by atoms with Crippen LogP contribution in [0.15, 0.2) is 28.8 Å². The third-order valence-corrected chi connectivity index (χ3v) is 5.35. The van der Waals surface area contributed by atoms with Crippen LogP contribution < -0.4 is 5.73 Å². The fourth-order valence-electron chi connectivity index (χ4n) is 3.84. The van der Waals surface area contributed by atoms with Gasteiger partial charge in [0.25, 0.3) is 0 Å². The Labute approximate surface area is 161 Å². The van der Waals surface area contributed by atoms with Crippen LogP contribution in [0.1, 0.15) is 75.8 Å².